The molecule has 1 saturated heterocycles. The van der Waals surface area contributed by atoms with Crippen LogP contribution < -0.4 is 0 Å². The first-order chi connectivity index (χ1) is 12.4. The molecule has 1 fully saturated rings. The van der Waals surface area contributed by atoms with Crippen LogP contribution in [-0.4, -0.2) is 23.9 Å². The Kier molecular flexibility index (Phi) is 4.15. The normalized spacial score (nSPS) is 18.8. The van der Waals surface area contributed by atoms with Gasteiger partial charge in [0.25, 0.3) is 5.91 Å². The summed E-state index contributed by atoms with van der Waals surface area (Å²) >= 11 is 0. The molecule has 2 aliphatic heterocycles. The van der Waals surface area contributed by atoms with E-state index in [-0.39, 0.29) is 16.9 Å². The van der Waals surface area contributed by atoms with Crippen LogP contribution in [0.2, 0.25) is 0 Å². The summed E-state index contributed by atoms with van der Waals surface area (Å²) < 4.78 is 6.20. The third kappa shape index (κ3) is 2.95. The second kappa shape index (κ2) is 6.24. The molecule has 2 heterocycles. The van der Waals surface area contributed by atoms with Crippen LogP contribution in [0.3, 0.4) is 0 Å². The quantitative estimate of drug-likeness (QED) is 0.750. The summed E-state index contributed by atoms with van der Waals surface area (Å²) in [6.45, 7) is 8.74. The van der Waals surface area contributed by atoms with Gasteiger partial charge in [0.2, 0.25) is 0 Å². The topological polar surface area (TPSA) is 29.5 Å². The molecule has 2 aliphatic rings. The highest BCUT2D eigenvalue weighted by molar-refractivity contribution is 5.94. The number of rotatable bonds is 1. The Bertz CT molecular complexity index is 809. The predicted octanol–water partition coefficient (Wildman–Crippen LogP) is 4.65. The lowest BCUT2D eigenvalue weighted by Gasteiger charge is -2.39. The van der Waals surface area contributed by atoms with Gasteiger partial charge in [-0.25, -0.2) is 0 Å². The van der Waals surface area contributed by atoms with Crippen molar-refractivity contribution in [3.05, 3.63) is 70.8 Å². The Balaban J connectivity index is 1.46. The molecular formula is C23H27NO2. The van der Waals surface area contributed by atoms with Gasteiger partial charge in [-0.05, 0) is 47.1 Å². The Hall–Kier alpha value is -2.13. The molecule has 2 aromatic carbocycles. The molecule has 0 radical (unpaired) electrons. The van der Waals surface area contributed by atoms with E-state index in [4.69, 9.17) is 4.74 Å². The van der Waals surface area contributed by atoms with Gasteiger partial charge in [-0.1, -0.05) is 57.2 Å². The first kappa shape index (κ1) is 17.3. The van der Waals surface area contributed by atoms with E-state index in [0.29, 0.717) is 6.61 Å². The van der Waals surface area contributed by atoms with Crippen molar-refractivity contribution in [1.29, 1.82) is 0 Å². The van der Waals surface area contributed by atoms with Crippen LogP contribution in [0.4, 0.5) is 0 Å². The molecule has 4 rings (SSSR count). The van der Waals surface area contributed by atoms with Crippen molar-refractivity contribution in [2.75, 3.05) is 13.1 Å². The summed E-state index contributed by atoms with van der Waals surface area (Å²) in [4.78, 5) is 14.9. The Morgan fingerprint density at radius 1 is 1.00 bits per heavy atom. The van der Waals surface area contributed by atoms with Crippen LogP contribution in [0.15, 0.2) is 48.5 Å². The number of nitrogens with zero attached hydrogens (tertiary/aromatic N) is 1. The highest BCUT2D eigenvalue weighted by atomic mass is 16.5. The van der Waals surface area contributed by atoms with Crippen LogP contribution in [0.1, 0.15) is 60.7 Å². The number of hydrogen-bond acceptors (Lipinski definition) is 2. The third-order valence-electron chi connectivity index (χ3n) is 5.87. The highest BCUT2D eigenvalue weighted by Gasteiger charge is 2.43. The molecule has 3 nitrogen and oxygen atoms in total. The van der Waals surface area contributed by atoms with E-state index in [1.807, 2.05) is 17.0 Å². The largest absolute Gasteiger partial charge is 0.365 e. The fourth-order valence-electron chi connectivity index (χ4n) is 4.16. The second-order valence-electron chi connectivity index (χ2n) is 8.56. The van der Waals surface area contributed by atoms with Gasteiger partial charge in [-0.3, -0.25) is 4.79 Å². The minimum absolute atomic E-state index is 0.103. The van der Waals surface area contributed by atoms with Gasteiger partial charge >= 0.3 is 0 Å². The molecule has 136 valence electrons. The lowest BCUT2D eigenvalue weighted by molar-refractivity contribution is -0.0741. The maximum absolute atomic E-state index is 12.9. The number of carbonyl (C=O) groups is 1. The van der Waals surface area contributed by atoms with E-state index in [0.717, 1.165) is 31.5 Å². The molecule has 0 unspecified atom stereocenters. The zero-order valence-electron chi connectivity index (χ0n) is 15.9. The smallest absolute Gasteiger partial charge is 0.253 e. The second-order valence-corrected chi connectivity index (χ2v) is 8.56. The number of hydrogen-bond donors (Lipinski definition) is 0. The zero-order chi connectivity index (χ0) is 18.4. The minimum Gasteiger partial charge on any atom is -0.365 e. The van der Waals surface area contributed by atoms with Gasteiger partial charge in [0.05, 0.1) is 12.2 Å². The number of benzene rings is 2. The predicted molar refractivity (Wildman–Crippen MR) is 103 cm³/mol. The number of ether oxygens (including phenoxy) is 1. The van der Waals surface area contributed by atoms with Crippen LogP contribution in [0.25, 0.3) is 0 Å². The molecule has 26 heavy (non-hydrogen) atoms. The lowest BCUT2D eigenvalue weighted by Crippen LogP contribution is -2.45. The monoisotopic (exact) mass is 349 g/mol. The van der Waals surface area contributed by atoms with Crippen LogP contribution >= 0.6 is 0 Å². The van der Waals surface area contributed by atoms with Crippen molar-refractivity contribution in [2.45, 2.75) is 51.2 Å². The van der Waals surface area contributed by atoms with Gasteiger partial charge in [0.15, 0.2) is 0 Å². The van der Waals surface area contributed by atoms with E-state index >= 15 is 0 Å². The standard InChI is InChI=1S/C23H27NO2/c1-22(2,3)19-10-8-17(9-11-19)21(25)24-14-12-23(13-15-24)20-7-5-4-6-18(20)16-26-23/h4-11H,12-16H2,1-3H3. The molecule has 0 atom stereocenters. The van der Waals surface area contributed by atoms with Gasteiger partial charge in [-0.15, -0.1) is 0 Å². The van der Waals surface area contributed by atoms with Crippen LogP contribution in [0, 0.1) is 0 Å². The van der Waals surface area contributed by atoms with Gasteiger partial charge in [0.1, 0.15) is 0 Å². The Morgan fingerprint density at radius 3 is 2.31 bits per heavy atom. The van der Waals surface area contributed by atoms with E-state index in [2.05, 4.69) is 57.2 Å². The first-order valence-electron chi connectivity index (χ1n) is 9.51. The van der Waals surface area contributed by atoms with E-state index in [1.165, 1.54) is 16.7 Å². The third-order valence-corrected chi connectivity index (χ3v) is 5.87. The van der Waals surface area contributed by atoms with Crippen molar-refractivity contribution >= 4 is 5.91 Å². The summed E-state index contributed by atoms with van der Waals surface area (Å²) in [5.74, 6) is 0.131. The number of carbonyl (C=O) groups excluding carboxylic acids is 1. The average molecular weight is 349 g/mol. The lowest BCUT2D eigenvalue weighted by atomic mass is 9.83. The van der Waals surface area contributed by atoms with Crippen molar-refractivity contribution in [1.82, 2.24) is 4.90 Å². The minimum atomic E-state index is -0.191. The fraction of sp³-hybridized carbons (Fsp3) is 0.435. The Morgan fingerprint density at radius 2 is 1.65 bits per heavy atom. The number of amides is 1. The van der Waals surface area contributed by atoms with E-state index in [1.54, 1.807) is 0 Å². The average Bonchev–Trinajstić information content (AvgIpc) is 3.00. The molecule has 0 saturated carbocycles. The summed E-state index contributed by atoms with van der Waals surface area (Å²) in [6.07, 6.45) is 1.74. The maximum Gasteiger partial charge on any atom is 0.253 e. The van der Waals surface area contributed by atoms with Crippen molar-refractivity contribution < 1.29 is 9.53 Å². The van der Waals surface area contributed by atoms with Gasteiger partial charge in [0, 0.05) is 18.7 Å². The van der Waals surface area contributed by atoms with E-state index in [9.17, 15) is 4.79 Å². The van der Waals surface area contributed by atoms with Crippen LogP contribution in [0.5, 0.6) is 0 Å². The maximum atomic E-state index is 12.9. The van der Waals surface area contributed by atoms with Crippen molar-refractivity contribution in [3.8, 4) is 0 Å². The number of fused-ring (bicyclic) bond motifs is 2. The fourth-order valence-corrected chi connectivity index (χ4v) is 4.16. The van der Waals surface area contributed by atoms with Crippen molar-refractivity contribution in [2.24, 2.45) is 0 Å². The molecule has 1 amide bonds. The number of likely N-dealkylation sites (tertiary alicyclic amines) is 1. The molecule has 0 N–H and O–H groups in total. The van der Waals surface area contributed by atoms with Crippen molar-refractivity contribution in [3.63, 3.8) is 0 Å². The number of piperidine rings is 1. The summed E-state index contributed by atoms with van der Waals surface area (Å²) in [6, 6.07) is 16.6. The SMILES string of the molecule is CC(C)(C)c1ccc(C(=O)N2CCC3(CC2)OCc2ccccc23)cc1. The summed E-state index contributed by atoms with van der Waals surface area (Å²) in [5, 5.41) is 0. The molecule has 0 bridgehead atoms. The molecule has 0 aromatic heterocycles. The zero-order valence-corrected chi connectivity index (χ0v) is 15.9. The van der Waals surface area contributed by atoms with Crippen LogP contribution in [-0.2, 0) is 22.4 Å². The molecule has 3 heteroatoms. The Labute approximate surface area is 156 Å². The van der Waals surface area contributed by atoms with E-state index < -0.39 is 0 Å². The molecular weight excluding hydrogens is 322 g/mol. The molecule has 0 aliphatic carbocycles. The summed E-state index contributed by atoms with van der Waals surface area (Å²) in [7, 11) is 0. The summed E-state index contributed by atoms with van der Waals surface area (Å²) in [5.41, 5.74) is 4.56. The highest BCUT2D eigenvalue weighted by Crippen LogP contribution is 2.44. The van der Waals surface area contributed by atoms with Gasteiger partial charge in [-0.2, -0.15) is 0 Å². The molecule has 2 aromatic rings. The first-order valence-corrected chi connectivity index (χ1v) is 9.51. The van der Waals surface area contributed by atoms with Gasteiger partial charge < -0.3 is 9.64 Å². The molecule has 1 spiro atoms.